The van der Waals surface area contributed by atoms with Crippen LogP contribution in [0.2, 0.25) is 0 Å². The molecule has 1 unspecified atom stereocenters. The molecule has 5 nitrogen and oxygen atoms in total. The summed E-state index contributed by atoms with van der Waals surface area (Å²) in [6.45, 7) is 5.00. The van der Waals surface area contributed by atoms with E-state index in [1.165, 1.54) is 7.11 Å². The summed E-state index contributed by atoms with van der Waals surface area (Å²) in [5, 5.41) is 0. The van der Waals surface area contributed by atoms with Gasteiger partial charge in [-0.05, 0) is 7.05 Å². The zero-order chi connectivity index (χ0) is 11.3. The van der Waals surface area contributed by atoms with Crippen LogP contribution in [-0.2, 0) is 9.53 Å². The summed E-state index contributed by atoms with van der Waals surface area (Å²) >= 11 is 0. The Hall–Kier alpha value is -0.650. The van der Waals surface area contributed by atoms with Crippen LogP contribution in [0.25, 0.3) is 0 Å². The van der Waals surface area contributed by atoms with Gasteiger partial charge in [-0.2, -0.15) is 0 Å². The molecule has 15 heavy (non-hydrogen) atoms. The summed E-state index contributed by atoms with van der Waals surface area (Å²) in [7, 11) is 3.51. The topological polar surface area (TPSA) is 58.8 Å². The number of nitrogens with zero attached hydrogens (tertiary/aromatic N) is 2. The fourth-order valence-electron chi connectivity index (χ4n) is 1.72. The van der Waals surface area contributed by atoms with Gasteiger partial charge in [-0.15, -0.1) is 0 Å². The van der Waals surface area contributed by atoms with Crippen molar-refractivity contribution in [3.8, 4) is 0 Å². The maximum absolute atomic E-state index is 11.0. The number of hydrogen-bond acceptors (Lipinski definition) is 5. The smallest absolute Gasteiger partial charge is 0.307 e. The van der Waals surface area contributed by atoms with E-state index in [4.69, 9.17) is 5.73 Å². The Morgan fingerprint density at radius 3 is 2.53 bits per heavy atom. The van der Waals surface area contributed by atoms with Crippen molar-refractivity contribution in [2.75, 3.05) is 46.9 Å². The van der Waals surface area contributed by atoms with E-state index in [1.807, 2.05) is 0 Å². The second-order valence-electron chi connectivity index (χ2n) is 4.14. The quantitative estimate of drug-likeness (QED) is 0.617. The number of likely N-dealkylation sites (N-methyl/N-ethyl adjacent to an activating group) is 1. The van der Waals surface area contributed by atoms with Gasteiger partial charge in [-0.1, -0.05) is 0 Å². The Bertz CT molecular complexity index is 203. The summed E-state index contributed by atoms with van der Waals surface area (Å²) in [6, 6.07) is -0.110. The van der Waals surface area contributed by atoms with Crippen molar-refractivity contribution in [3.63, 3.8) is 0 Å². The van der Waals surface area contributed by atoms with E-state index in [9.17, 15) is 4.79 Å². The highest BCUT2D eigenvalue weighted by molar-refractivity contribution is 5.69. The van der Waals surface area contributed by atoms with Gasteiger partial charge in [0, 0.05) is 38.8 Å². The van der Waals surface area contributed by atoms with E-state index in [0.29, 0.717) is 6.42 Å². The summed E-state index contributed by atoms with van der Waals surface area (Å²) in [5.41, 5.74) is 5.86. The minimum Gasteiger partial charge on any atom is -0.469 e. The highest BCUT2D eigenvalue weighted by atomic mass is 16.5. The molecule has 0 aliphatic carbocycles. The minimum absolute atomic E-state index is 0.110. The van der Waals surface area contributed by atoms with Gasteiger partial charge in [0.25, 0.3) is 0 Å². The van der Waals surface area contributed by atoms with Crippen LogP contribution in [0.4, 0.5) is 0 Å². The third-order valence-corrected chi connectivity index (χ3v) is 2.75. The van der Waals surface area contributed by atoms with Gasteiger partial charge in [-0.25, -0.2) is 0 Å². The van der Waals surface area contributed by atoms with Crippen molar-refractivity contribution in [1.29, 1.82) is 0 Å². The first-order valence-corrected chi connectivity index (χ1v) is 5.35. The van der Waals surface area contributed by atoms with Crippen molar-refractivity contribution in [1.82, 2.24) is 9.80 Å². The minimum atomic E-state index is -0.225. The molecule has 1 rings (SSSR count). The number of esters is 1. The maximum atomic E-state index is 11.0. The highest BCUT2D eigenvalue weighted by Gasteiger charge is 2.17. The van der Waals surface area contributed by atoms with E-state index < -0.39 is 0 Å². The second-order valence-corrected chi connectivity index (χ2v) is 4.14. The number of ether oxygens (including phenoxy) is 1. The third-order valence-electron chi connectivity index (χ3n) is 2.75. The molecule has 1 aliphatic heterocycles. The number of hydrogen-bond donors (Lipinski definition) is 1. The van der Waals surface area contributed by atoms with Crippen molar-refractivity contribution >= 4 is 5.97 Å². The van der Waals surface area contributed by atoms with Crippen LogP contribution in [0.15, 0.2) is 0 Å². The lowest BCUT2D eigenvalue weighted by Crippen LogP contribution is -2.48. The zero-order valence-corrected chi connectivity index (χ0v) is 9.61. The van der Waals surface area contributed by atoms with E-state index in [1.54, 1.807) is 0 Å². The molecule has 1 fully saturated rings. The van der Waals surface area contributed by atoms with Crippen LogP contribution in [0, 0.1) is 0 Å². The molecular weight excluding hydrogens is 194 g/mol. The van der Waals surface area contributed by atoms with Crippen LogP contribution in [0.1, 0.15) is 6.42 Å². The number of piperazine rings is 1. The molecule has 1 saturated heterocycles. The Balaban J connectivity index is 2.20. The highest BCUT2D eigenvalue weighted by Crippen LogP contribution is 2.01. The maximum Gasteiger partial charge on any atom is 0.307 e. The lowest BCUT2D eigenvalue weighted by atomic mass is 10.2. The van der Waals surface area contributed by atoms with E-state index in [2.05, 4.69) is 21.6 Å². The summed E-state index contributed by atoms with van der Waals surface area (Å²) < 4.78 is 4.58. The van der Waals surface area contributed by atoms with Gasteiger partial charge in [0.15, 0.2) is 0 Å². The fourth-order valence-corrected chi connectivity index (χ4v) is 1.72. The van der Waals surface area contributed by atoms with Crippen LogP contribution >= 0.6 is 0 Å². The van der Waals surface area contributed by atoms with Crippen molar-refractivity contribution in [3.05, 3.63) is 0 Å². The molecule has 0 aromatic heterocycles. The van der Waals surface area contributed by atoms with E-state index >= 15 is 0 Å². The molecule has 0 radical (unpaired) electrons. The fraction of sp³-hybridized carbons (Fsp3) is 0.900. The normalized spacial score (nSPS) is 21.3. The van der Waals surface area contributed by atoms with Crippen LogP contribution < -0.4 is 5.73 Å². The molecule has 0 amide bonds. The second kappa shape index (κ2) is 6.05. The predicted octanol–water partition coefficient (Wildman–Crippen LogP) is -0.876. The van der Waals surface area contributed by atoms with Crippen LogP contribution in [0.3, 0.4) is 0 Å². The largest absolute Gasteiger partial charge is 0.469 e. The first kappa shape index (κ1) is 12.4. The molecule has 88 valence electrons. The summed E-state index contributed by atoms with van der Waals surface area (Å²) in [5.74, 6) is -0.225. The number of carbonyl (C=O) groups is 1. The monoisotopic (exact) mass is 215 g/mol. The number of carbonyl (C=O) groups excluding carboxylic acids is 1. The molecular formula is C10H21N3O2. The molecule has 0 bridgehead atoms. The molecule has 0 spiro atoms. The first-order chi connectivity index (χ1) is 7.11. The lowest BCUT2D eigenvalue weighted by Gasteiger charge is -2.33. The van der Waals surface area contributed by atoms with Gasteiger partial charge in [0.05, 0.1) is 13.5 Å². The Labute approximate surface area is 91.2 Å². The van der Waals surface area contributed by atoms with E-state index in [0.717, 1.165) is 32.7 Å². The lowest BCUT2D eigenvalue weighted by molar-refractivity contribution is -0.141. The molecule has 1 aliphatic rings. The standard InChI is InChI=1S/C10H21N3O2/c1-12-3-5-13(6-4-12)8-9(11)7-10(14)15-2/h9H,3-8,11H2,1-2H3. The first-order valence-electron chi connectivity index (χ1n) is 5.35. The average Bonchev–Trinajstić information content (AvgIpc) is 2.21. The van der Waals surface area contributed by atoms with Crippen molar-refractivity contribution < 1.29 is 9.53 Å². The molecule has 5 heteroatoms. The van der Waals surface area contributed by atoms with Crippen LogP contribution in [-0.4, -0.2) is 68.7 Å². The Morgan fingerprint density at radius 2 is 2.00 bits per heavy atom. The van der Waals surface area contributed by atoms with Gasteiger partial charge in [0.1, 0.15) is 0 Å². The molecule has 2 N–H and O–H groups in total. The average molecular weight is 215 g/mol. The number of methoxy groups -OCH3 is 1. The number of nitrogens with two attached hydrogens (primary N) is 1. The van der Waals surface area contributed by atoms with Crippen molar-refractivity contribution in [2.45, 2.75) is 12.5 Å². The SMILES string of the molecule is COC(=O)CC(N)CN1CCN(C)CC1. The Morgan fingerprint density at radius 1 is 1.40 bits per heavy atom. The summed E-state index contributed by atoms with van der Waals surface area (Å²) in [6.07, 6.45) is 0.308. The molecule has 0 saturated carbocycles. The van der Waals surface area contributed by atoms with Gasteiger partial charge < -0.3 is 15.4 Å². The third kappa shape index (κ3) is 4.59. The molecule has 1 atom stereocenters. The van der Waals surface area contributed by atoms with Gasteiger partial charge in [0.2, 0.25) is 0 Å². The molecule has 0 aromatic rings. The van der Waals surface area contributed by atoms with Crippen LogP contribution in [0.5, 0.6) is 0 Å². The van der Waals surface area contributed by atoms with Gasteiger partial charge in [-0.3, -0.25) is 9.69 Å². The summed E-state index contributed by atoms with van der Waals surface area (Å²) in [4.78, 5) is 15.6. The number of rotatable bonds is 4. The predicted molar refractivity (Wildman–Crippen MR) is 58.5 cm³/mol. The molecule has 1 heterocycles. The van der Waals surface area contributed by atoms with Crippen molar-refractivity contribution in [2.24, 2.45) is 5.73 Å². The Kier molecular flexibility index (Phi) is 5.01. The van der Waals surface area contributed by atoms with E-state index in [-0.39, 0.29) is 12.0 Å². The zero-order valence-electron chi connectivity index (χ0n) is 9.61. The molecule has 0 aromatic carbocycles. The van der Waals surface area contributed by atoms with Gasteiger partial charge >= 0.3 is 5.97 Å².